The molecule has 2 aromatic carbocycles. The highest BCUT2D eigenvalue weighted by atomic mass is 16.6. The van der Waals surface area contributed by atoms with E-state index in [9.17, 15) is 9.59 Å². The van der Waals surface area contributed by atoms with Gasteiger partial charge < -0.3 is 14.4 Å². The molecule has 1 heterocycles. The minimum absolute atomic E-state index is 0.0352. The molecular formula is C21H23NO4. The van der Waals surface area contributed by atoms with E-state index in [1.165, 1.54) is 0 Å². The van der Waals surface area contributed by atoms with Crippen molar-refractivity contribution in [2.24, 2.45) is 5.92 Å². The van der Waals surface area contributed by atoms with Crippen LogP contribution in [-0.2, 0) is 27.5 Å². The molecular weight excluding hydrogens is 330 g/mol. The molecule has 2 atom stereocenters. The van der Waals surface area contributed by atoms with E-state index in [0.717, 1.165) is 11.1 Å². The zero-order valence-electron chi connectivity index (χ0n) is 14.8. The second-order valence-electron chi connectivity index (χ2n) is 6.53. The van der Waals surface area contributed by atoms with Crippen LogP contribution in [0.2, 0.25) is 0 Å². The van der Waals surface area contributed by atoms with E-state index in [4.69, 9.17) is 9.47 Å². The number of amides is 1. The van der Waals surface area contributed by atoms with Gasteiger partial charge in [-0.3, -0.25) is 4.79 Å². The summed E-state index contributed by atoms with van der Waals surface area (Å²) >= 11 is 0. The lowest BCUT2D eigenvalue weighted by Gasteiger charge is -2.34. The molecule has 1 fully saturated rings. The first kappa shape index (κ1) is 18.1. The molecule has 1 aliphatic heterocycles. The van der Waals surface area contributed by atoms with E-state index in [-0.39, 0.29) is 24.9 Å². The zero-order chi connectivity index (χ0) is 18.4. The third-order valence-corrected chi connectivity index (χ3v) is 4.44. The third-order valence-electron chi connectivity index (χ3n) is 4.44. The zero-order valence-corrected chi connectivity index (χ0v) is 14.8. The van der Waals surface area contributed by atoms with Crippen LogP contribution < -0.4 is 0 Å². The number of hydrogen-bond donors (Lipinski definition) is 0. The van der Waals surface area contributed by atoms with Gasteiger partial charge in [0.05, 0.1) is 13.2 Å². The van der Waals surface area contributed by atoms with E-state index < -0.39 is 12.2 Å². The number of Topliss-reactive ketones (excluding diaryl/α,β-unsaturated/α-hetero) is 1. The van der Waals surface area contributed by atoms with Crippen molar-refractivity contribution in [2.75, 3.05) is 13.1 Å². The Morgan fingerprint density at radius 1 is 0.962 bits per heavy atom. The monoisotopic (exact) mass is 353 g/mol. The van der Waals surface area contributed by atoms with E-state index in [0.29, 0.717) is 13.2 Å². The van der Waals surface area contributed by atoms with Crippen LogP contribution in [0.15, 0.2) is 60.7 Å². The second-order valence-corrected chi connectivity index (χ2v) is 6.53. The molecule has 0 unspecified atom stereocenters. The summed E-state index contributed by atoms with van der Waals surface area (Å²) in [5.41, 5.74) is 1.93. The fraction of sp³-hybridized carbons (Fsp3) is 0.333. The third kappa shape index (κ3) is 4.70. The van der Waals surface area contributed by atoms with Crippen molar-refractivity contribution in [3.8, 4) is 0 Å². The highest BCUT2D eigenvalue weighted by Crippen LogP contribution is 2.18. The molecule has 0 saturated carbocycles. The number of carbonyl (C=O) groups excluding carboxylic acids is 2. The summed E-state index contributed by atoms with van der Waals surface area (Å²) < 4.78 is 11.2. The van der Waals surface area contributed by atoms with Crippen LogP contribution in [-0.4, -0.2) is 36.0 Å². The van der Waals surface area contributed by atoms with Crippen molar-refractivity contribution in [3.63, 3.8) is 0 Å². The fourth-order valence-electron chi connectivity index (χ4n) is 2.97. The van der Waals surface area contributed by atoms with Crippen molar-refractivity contribution in [3.05, 3.63) is 71.8 Å². The quantitative estimate of drug-likeness (QED) is 0.826. The summed E-state index contributed by atoms with van der Waals surface area (Å²) in [5.74, 6) is -0.234. The van der Waals surface area contributed by atoms with Gasteiger partial charge in [-0.1, -0.05) is 67.6 Å². The highest BCUT2D eigenvalue weighted by molar-refractivity contribution is 5.87. The van der Waals surface area contributed by atoms with Crippen molar-refractivity contribution in [1.82, 2.24) is 4.90 Å². The average Bonchev–Trinajstić information content (AvgIpc) is 2.68. The first-order valence-electron chi connectivity index (χ1n) is 8.78. The van der Waals surface area contributed by atoms with Gasteiger partial charge >= 0.3 is 6.09 Å². The van der Waals surface area contributed by atoms with Gasteiger partial charge in [-0.25, -0.2) is 4.79 Å². The molecule has 5 nitrogen and oxygen atoms in total. The van der Waals surface area contributed by atoms with E-state index in [1.54, 1.807) is 4.90 Å². The standard InChI is InChI=1S/C21H23NO4/c1-16-12-22(21(24)26-15-18-10-6-3-7-11-18)13-19(20(16)23)25-14-17-8-4-2-5-9-17/h2-11,16,19H,12-15H2,1H3/t16-,19+/m0/s1. The molecule has 3 rings (SSSR count). The molecule has 26 heavy (non-hydrogen) atoms. The Labute approximate surface area is 153 Å². The molecule has 0 bridgehead atoms. The molecule has 0 radical (unpaired) electrons. The number of ether oxygens (including phenoxy) is 2. The summed E-state index contributed by atoms with van der Waals surface area (Å²) in [6.07, 6.45) is -1.04. The first-order chi connectivity index (χ1) is 12.6. The van der Waals surface area contributed by atoms with Gasteiger partial charge in [0.1, 0.15) is 12.7 Å². The van der Waals surface area contributed by atoms with Gasteiger partial charge in [0.2, 0.25) is 0 Å². The number of piperidine rings is 1. The molecule has 5 heteroatoms. The minimum Gasteiger partial charge on any atom is -0.445 e. The Bertz CT molecular complexity index is 732. The smallest absolute Gasteiger partial charge is 0.410 e. The lowest BCUT2D eigenvalue weighted by atomic mass is 9.96. The maximum Gasteiger partial charge on any atom is 0.410 e. The molecule has 1 aliphatic rings. The van der Waals surface area contributed by atoms with Crippen LogP contribution in [0.25, 0.3) is 0 Å². The van der Waals surface area contributed by atoms with Gasteiger partial charge in [0.25, 0.3) is 0 Å². The molecule has 0 N–H and O–H groups in total. The fourth-order valence-corrected chi connectivity index (χ4v) is 2.97. The topological polar surface area (TPSA) is 55.8 Å². The Balaban J connectivity index is 1.56. The van der Waals surface area contributed by atoms with Crippen molar-refractivity contribution < 1.29 is 19.1 Å². The lowest BCUT2D eigenvalue weighted by molar-refractivity contribution is -0.140. The Kier molecular flexibility index (Phi) is 6.02. The van der Waals surface area contributed by atoms with Gasteiger partial charge in [0.15, 0.2) is 5.78 Å². The number of nitrogens with zero attached hydrogens (tertiary/aromatic N) is 1. The molecule has 2 aromatic rings. The number of rotatable bonds is 5. The van der Waals surface area contributed by atoms with Crippen LogP contribution in [0.4, 0.5) is 4.79 Å². The highest BCUT2D eigenvalue weighted by Gasteiger charge is 2.36. The maximum absolute atomic E-state index is 12.4. The molecule has 0 spiro atoms. The van der Waals surface area contributed by atoms with Crippen LogP contribution in [0.3, 0.4) is 0 Å². The molecule has 0 aliphatic carbocycles. The number of ketones is 1. The van der Waals surface area contributed by atoms with E-state index >= 15 is 0 Å². The Hall–Kier alpha value is -2.66. The van der Waals surface area contributed by atoms with Crippen LogP contribution in [0, 0.1) is 5.92 Å². The molecule has 0 aromatic heterocycles. The summed E-state index contributed by atoms with van der Waals surface area (Å²) in [6, 6.07) is 19.2. The van der Waals surface area contributed by atoms with Crippen molar-refractivity contribution >= 4 is 11.9 Å². The number of carbonyl (C=O) groups is 2. The van der Waals surface area contributed by atoms with E-state index in [1.807, 2.05) is 67.6 Å². The summed E-state index contributed by atoms with van der Waals surface area (Å²) in [6.45, 7) is 2.96. The average molecular weight is 353 g/mol. The molecule has 136 valence electrons. The van der Waals surface area contributed by atoms with Crippen LogP contribution in [0.5, 0.6) is 0 Å². The first-order valence-corrected chi connectivity index (χ1v) is 8.78. The summed E-state index contributed by atoms with van der Waals surface area (Å²) in [4.78, 5) is 26.3. The van der Waals surface area contributed by atoms with Gasteiger partial charge in [-0.15, -0.1) is 0 Å². The van der Waals surface area contributed by atoms with Crippen molar-refractivity contribution in [1.29, 1.82) is 0 Å². The number of benzene rings is 2. The normalized spacial score (nSPS) is 20.0. The van der Waals surface area contributed by atoms with Crippen molar-refractivity contribution in [2.45, 2.75) is 26.2 Å². The van der Waals surface area contributed by atoms with E-state index in [2.05, 4.69) is 0 Å². The van der Waals surface area contributed by atoms with Crippen LogP contribution >= 0.6 is 0 Å². The maximum atomic E-state index is 12.4. The number of hydrogen-bond acceptors (Lipinski definition) is 4. The predicted octanol–water partition coefficient (Wildman–Crippen LogP) is 3.43. The predicted molar refractivity (Wildman–Crippen MR) is 97.4 cm³/mol. The largest absolute Gasteiger partial charge is 0.445 e. The summed E-state index contributed by atoms with van der Waals surface area (Å²) in [5, 5.41) is 0. The van der Waals surface area contributed by atoms with Gasteiger partial charge in [0, 0.05) is 12.5 Å². The Morgan fingerprint density at radius 3 is 2.15 bits per heavy atom. The molecule has 1 saturated heterocycles. The number of likely N-dealkylation sites (tertiary alicyclic amines) is 1. The SMILES string of the molecule is C[C@H]1CN(C(=O)OCc2ccccc2)C[C@@H](OCc2ccccc2)C1=O. The molecule has 1 amide bonds. The van der Waals surface area contributed by atoms with Gasteiger partial charge in [-0.05, 0) is 11.1 Å². The van der Waals surface area contributed by atoms with Crippen LogP contribution in [0.1, 0.15) is 18.1 Å². The lowest BCUT2D eigenvalue weighted by Crippen LogP contribution is -2.52. The van der Waals surface area contributed by atoms with Gasteiger partial charge in [-0.2, -0.15) is 0 Å². The summed E-state index contributed by atoms with van der Waals surface area (Å²) in [7, 11) is 0. The Morgan fingerprint density at radius 2 is 1.54 bits per heavy atom. The minimum atomic E-state index is -0.622. The second kappa shape index (κ2) is 8.63.